The summed E-state index contributed by atoms with van der Waals surface area (Å²) < 4.78 is 0. The molecule has 0 aliphatic carbocycles. The summed E-state index contributed by atoms with van der Waals surface area (Å²) in [6, 6.07) is -0.716. The van der Waals surface area contributed by atoms with Crippen molar-refractivity contribution in [3.05, 3.63) is 0 Å². The van der Waals surface area contributed by atoms with E-state index in [1.807, 2.05) is 0 Å². The third kappa shape index (κ3) is 7.98. The van der Waals surface area contributed by atoms with Gasteiger partial charge in [-0.05, 0) is 19.4 Å². The number of nitrogens with two attached hydrogens (primary N) is 2. The van der Waals surface area contributed by atoms with Crippen LogP contribution in [0.5, 0.6) is 0 Å². The number of carbonyl (C=O) groups is 1. The maximum Gasteiger partial charge on any atom is 0.320 e. The Hall–Kier alpha value is 0.0783. The summed E-state index contributed by atoms with van der Waals surface area (Å²) in [6.07, 6.45) is 2.16. The van der Waals surface area contributed by atoms with Crippen LogP contribution in [0.1, 0.15) is 19.3 Å². The van der Waals surface area contributed by atoms with Crippen molar-refractivity contribution >= 4 is 5.97 Å². The van der Waals surface area contributed by atoms with Crippen molar-refractivity contribution in [2.24, 2.45) is 11.5 Å². The molecule has 0 aliphatic rings. The molecule has 5 heteroatoms. The van der Waals surface area contributed by atoms with Crippen LogP contribution in [-0.2, 0) is 25.9 Å². The van der Waals surface area contributed by atoms with E-state index in [1.165, 1.54) is 0 Å². The molecule has 0 spiro atoms. The number of carboxylic acids is 1. The van der Waals surface area contributed by atoms with Gasteiger partial charge in [-0.3, -0.25) is 4.79 Å². The average molecular weight is 242 g/mol. The topological polar surface area (TPSA) is 89.3 Å². The molecular weight excluding hydrogens is 228 g/mol. The largest absolute Gasteiger partial charge is 0.480 e. The number of aliphatic carboxylic acids is 1. The average Bonchev–Trinajstić information content (AvgIpc) is 1.88. The standard InChI is InChI=1S/C6H14N2O2.Mo/c7-4-2-1-3-5(8)6(9)10;/h5H,1-4,7-8H2,(H,9,10);. The Morgan fingerprint density at radius 3 is 2.36 bits per heavy atom. The quantitative estimate of drug-likeness (QED) is 0.449. The molecule has 1 atom stereocenters. The SMILES string of the molecule is NCCCCC(N)C(=O)O.[Mo]. The van der Waals surface area contributed by atoms with Crippen LogP contribution in [0, 0.1) is 0 Å². The van der Waals surface area contributed by atoms with Crippen LogP contribution in [0.25, 0.3) is 0 Å². The normalized spacial score (nSPS) is 11.8. The molecule has 0 rings (SSSR count). The summed E-state index contributed by atoms with van der Waals surface area (Å²) in [5.41, 5.74) is 10.4. The third-order valence-corrected chi connectivity index (χ3v) is 1.29. The van der Waals surface area contributed by atoms with Crippen molar-refractivity contribution in [1.82, 2.24) is 0 Å². The van der Waals surface area contributed by atoms with Gasteiger partial charge in [0.25, 0.3) is 0 Å². The second kappa shape index (κ2) is 8.18. The van der Waals surface area contributed by atoms with Gasteiger partial charge in [-0.15, -0.1) is 0 Å². The molecule has 0 aromatic rings. The summed E-state index contributed by atoms with van der Waals surface area (Å²) in [4.78, 5) is 10.1. The number of carboxylic acid groups (broad SMARTS) is 1. The molecule has 0 amide bonds. The van der Waals surface area contributed by atoms with Gasteiger partial charge in [0, 0.05) is 21.1 Å². The van der Waals surface area contributed by atoms with Crippen LogP contribution in [0.2, 0.25) is 0 Å². The Kier molecular flexibility index (Phi) is 10.2. The van der Waals surface area contributed by atoms with Crippen LogP contribution in [0.3, 0.4) is 0 Å². The zero-order valence-electron chi connectivity index (χ0n) is 6.32. The van der Waals surface area contributed by atoms with E-state index in [0.29, 0.717) is 13.0 Å². The zero-order chi connectivity index (χ0) is 7.98. The van der Waals surface area contributed by atoms with Crippen molar-refractivity contribution in [2.45, 2.75) is 25.3 Å². The molecular formula is C6H14MoN2O2. The van der Waals surface area contributed by atoms with Crippen molar-refractivity contribution in [2.75, 3.05) is 6.54 Å². The van der Waals surface area contributed by atoms with Gasteiger partial charge in [0.15, 0.2) is 0 Å². The van der Waals surface area contributed by atoms with Gasteiger partial charge >= 0.3 is 5.97 Å². The van der Waals surface area contributed by atoms with Gasteiger partial charge in [-0.1, -0.05) is 6.42 Å². The summed E-state index contributed by atoms with van der Waals surface area (Å²) in [6.45, 7) is 0.604. The number of rotatable bonds is 5. The Balaban J connectivity index is 0. The second-order valence-corrected chi connectivity index (χ2v) is 2.23. The minimum Gasteiger partial charge on any atom is -0.480 e. The number of hydrogen-bond donors (Lipinski definition) is 3. The molecule has 0 bridgehead atoms. The van der Waals surface area contributed by atoms with Gasteiger partial charge in [-0.2, -0.15) is 0 Å². The molecule has 4 nitrogen and oxygen atoms in total. The van der Waals surface area contributed by atoms with Gasteiger partial charge in [-0.25, -0.2) is 0 Å². The van der Waals surface area contributed by atoms with Crippen molar-refractivity contribution < 1.29 is 31.0 Å². The molecule has 0 radical (unpaired) electrons. The number of hydrogen-bond acceptors (Lipinski definition) is 3. The van der Waals surface area contributed by atoms with Crippen LogP contribution in [-0.4, -0.2) is 23.7 Å². The smallest absolute Gasteiger partial charge is 0.320 e. The molecule has 11 heavy (non-hydrogen) atoms. The molecule has 5 N–H and O–H groups in total. The van der Waals surface area contributed by atoms with Gasteiger partial charge in [0.1, 0.15) is 6.04 Å². The van der Waals surface area contributed by atoms with Gasteiger partial charge < -0.3 is 16.6 Å². The van der Waals surface area contributed by atoms with E-state index < -0.39 is 12.0 Å². The maximum atomic E-state index is 10.1. The molecule has 0 fully saturated rings. The van der Waals surface area contributed by atoms with Crippen LogP contribution in [0.15, 0.2) is 0 Å². The minimum atomic E-state index is -0.933. The van der Waals surface area contributed by atoms with Crippen LogP contribution in [0.4, 0.5) is 0 Å². The third-order valence-electron chi connectivity index (χ3n) is 1.29. The Labute approximate surface area is 80.6 Å². The van der Waals surface area contributed by atoms with Crippen LogP contribution >= 0.6 is 0 Å². The molecule has 0 aromatic heterocycles. The molecule has 66 valence electrons. The predicted octanol–water partition coefficient (Wildman–Crippen LogP) is -0.475. The summed E-state index contributed by atoms with van der Waals surface area (Å²) >= 11 is 0. The van der Waals surface area contributed by atoms with Gasteiger partial charge in [0.05, 0.1) is 0 Å². The zero-order valence-corrected chi connectivity index (χ0v) is 8.33. The molecule has 0 aromatic carbocycles. The fourth-order valence-electron chi connectivity index (χ4n) is 0.632. The van der Waals surface area contributed by atoms with Crippen molar-refractivity contribution in [3.8, 4) is 0 Å². The first-order valence-electron chi connectivity index (χ1n) is 3.37. The van der Waals surface area contributed by atoms with Crippen LogP contribution < -0.4 is 11.5 Å². The first-order valence-corrected chi connectivity index (χ1v) is 3.37. The van der Waals surface area contributed by atoms with Crippen molar-refractivity contribution in [1.29, 1.82) is 0 Å². The Bertz CT molecular complexity index is 111. The van der Waals surface area contributed by atoms with E-state index in [2.05, 4.69) is 0 Å². The van der Waals surface area contributed by atoms with E-state index in [0.717, 1.165) is 12.8 Å². The second-order valence-electron chi connectivity index (χ2n) is 2.23. The monoisotopic (exact) mass is 244 g/mol. The Morgan fingerprint density at radius 2 is 2.00 bits per heavy atom. The van der Waals surface area contributed by atoms with Crippen molar-refractivity contribution in [3.63, 3.8) is 0 Å². The molecule has 0 aliphatic heterocycles. The Morgan fingerprint density at radius 1 is 1.45 bits per heavy atom. The molecule has 0 heterocycles. The van der Waals surface area contributed by atoms with E-state index in [9.17, 15) is 4.79 Å². The first kappa shape index (κ1) is 13.7. The van der Waals surface area contributed by atoms with E-state index in [-0.39, 0.29) is 21.1 Å². The minimum absolute atomic E-state index is 0. The number of unbranched alkanes of at least 4 members (excludes halogenated alkanes) is 1. The summed E-state index contributed by atoms with van der Waals surface area (Å²) in [5, 5.41) is 8.33. The first-order chi connectivity index (χ1) is 4.68. The van der Waals surface area contributed by atoms with E-state index >= 15 is 0 Å². The fourth-order valence-corrected chi connectivity index (χ4v) is 0.632. The van der Waals surface area contributed by atoms with Gasteiger partial charge in [0.2, 0.25) is 0 Å². The molecule has 0 saturated heterocycles. The fraction of sp³-hybridized carbons (Fsp3) is 0.833. The maximum absolute atomic E-state index is 10.1. The van der Waals surface area contributed by atoms with E-state index in [1.54, 1.807) is 0 Å². The van der Waals surface area contributed by atoms with E-state index in [4.69, 9.17) is 16.6 Å². The molecule has 0 saturated carbocycles. The summed E-state index contributed by atoms with van der Waals surface area (Å²) in [7, 11) is 0. The molecule has 1 unspecified atom stereocenters. The summed E-state index contributed by atoms with van der Waals surface area (Å²) in [5.74, 6) is -0.933. The predicted molar refractivity (Wildman–Crippen MR) is 38.5 cm³/mol.